The summed E-state index contributed by atoms with van der Waals surface area (Å²) in [5.74, 6) is -0.0194. The summed E-state index contributed by atoms with van der Waals surface area (Å²) >= 11 is 0. The molecule has 0 saturated heterocycles. The van der Waals surface area contributed by atoms with Crippen molar-refractivity contribution in [3.8, 4) is 5.69 Å². The van der Waals surface area contributed by atoms with Gasteiger partial charge in [0.05, 0.1) is 17.9 Å². The summed E-state index contributed by atoms with van der Waals surface area (Å²) in [5, 5.41) is 7.77. The molecular formula is C21H21N3O. The zero-order chi connectivity index (χ0) is 17.2. The van der Waals surface area contributed by atoms with Gasteiger partial charge >= 0.3 is 0 Å². The van der Waals surface area contributed by atoms with Crippen LogP contribution < -0.4 is 5.32 Å². The molecule has 1 amide bonds. The van der Waals surface area contributed by atoms with E-state index in [0.29, 0.717) is 5.56 Å². The maximum Gasteiger partial charge on any atom is 0.251 e. The zero-order valence-electron chi connectivity index (χ0n) is 14.3. The smallest absolute Gasteiger partial charge is 0.251 e. The Bertz CT molecular complexity index is 899. The van der Waals surface area contributed by atoms with Crippen LogP contribution in [-0.4, -0.2) is 15.7 Å². The second kappa shape index (κ2) is 6.55. The average Bonchev–Trinajstić information content (AvgIpc) is 3.07. The number of aryl methyl sites for hydroxylation is 1. The van der Waals surface area contributed by atoms with E-state index in [-0.39, 0.29) is 11.9 Å². The number of nitrogens with zero attached hydrogens (tertiary/aromatic N) is 2. The Kier molecular flexibility index (Phi) is 4.10. The molecule has 0 unspecified atom stereocenters. The zero-order valence-corrected chi connectivity index (χ0v) is 14.3. The van der Waals surface area contributed by atoms with Crippen LogP contribution in [0, 0.1) is 6.92 Å². The number of rotatable bonds is 3. The van der Waals surface area contributed by atoms with Crippen LogP contribution >= 0.6 is 0 Å². The number of aromatic nitrogens is 2. The quantitative estimate of drug-likeness (QED) is 0.789. The fourth-order valence-corrected chi connectivity index (χ4v) is 3.53. The van der Waals surface area contributed by atoms with Gasteiger partial charge in [-0.05, 0) is 50.5 Å². The highest BCUT2D eigenvalue weighted by atomic mass is 16.1. The second-order valence-electron chi connectivity index (χ2n) is 6.58. The van der Waals surface area contributed by atoms with Crippen LogP contribution in [0.25, 0.3) is 5.69 Å². The van der Waals surface area contributed by atoms with Crippen molar-refractivity contribution in [2.24, 2.45) is 0 Å². The molecule has 0 bridgehead atoms. The minimum atomic E-state index is -0.0194. The lowest BCUT2D eigenvalue weighted by molar-refractivity contribution is 0.0932. The molecular weight excluding hydrogens is 310 g/mol. The highest BCUT2D eigenvalue weighted by Gasteiger charge is 2.26. The van der Waals surface area contributed by atoms with Crippen LogP contribution in [0.4, 0.5) is 0 Å². The molecule has 0 fully saturated rings. The van der Waals surface area contributed by atoms with E-state index >= 15 is 0 Å². The van der Waals surface area contributed by atoms with Gasteiger partial charge < -0.3 is 5.32 Å². The van der Waals surface area contributed by atoms with E-state index in [0.717, 1.165) is 36.1 Å². The third kappa shape index (κ3) is 3.07. The number of fused-ring (bicyclic) bond motifs is 1. The number of benzene rings is 2. The van der Waals surface area contributed by atoms with Crippen molar-refractivity contribution in [1.29, 1.82) is 0 Å². The molecule has 1 N–H and O–H groups in total. The highest BCUT2D eigenvalue weighted by molar-refractivity contribution is 5.94. The first-order chi connectivity index (χ1) is 12.2. The molecule has 1 aromatic heterocycles. The summed E-state index contributed by atoms with van der Waals surface area (Å²) < 4.78 is 2.00. The van der Waals surface area contributed by atoms with E-state index in [4.69, 9.17) is 0 Å². The number of para-hydroxylation sites is 1. The predicted molar refractivity (Wildman–Crippen MR) is 97.9 cm³/mol. The van der Waals surface area contributed by atoms with E-state index in [9.17, 15) is 4.79 Å². The van der Waals surface area contributed by atoms with Crippen LogP contribution in [-0.2, 0) is 6.42 Å². The number of nitrogens with one attached hydrogen (secondary N) is 1. The van der Waals surface area contributed by atoms with Crippen molar-refractivity contribution in [2.45, 2.75) is 32.2 Å². The summed E-state index contributed by atoms with van der Waals surface area (Å²) in [7, 11) is 0. The maximum absolute atomic E-state index is 12.6. The van der Waals surface area contributed by atoms with Crippen molar-refractivity contribution in [3.63, 3.8) is 0 Å². The second-order valence-corrected chi connectivity index (χ2v) is 6.58. The Morgan fingerprint density at radius 2 is 2.00 bits per heavy atom. The third-order valence-corrected chi connectivity index (χ3v) is 4.77. The Balaban J connectivity index is 1.60. The van der Waals surface area contributed by atoms with Gasteiger partial charge in [0, 0.05) is 16.8 Å². The minimum absolute atomic E-state index is 0.0194. The van der Waals surface area contributed by atoms with Crippen molar-refractivity contribution >= 4 is 5.91 Å². The largest absolute Gasteiger partial charge is 0.345 e. The predicted octanol–water partition coefficient (Wildman–Crippen LogP) is 3.99. The summed E-state index contributed by atoms with van der Waals surface area (Å²) in [6.07, 6.45) is 4.89. The standard InChI is InChI=1S/C21H21N3O/c1-15-7-5-8-16(13-15)21(25)23-19-11-6-12-20-18(19)14-22-24(20)17-9-3-2-4-10-17/h2-5,7-10,13-14,19H,6,11-12H2,1H3,(H,23,25)/t19-/m0/s1. The summed E-state index contributed by atoms with van der Waals surface area (Å²) in [4.78, 5) is 12.6. The summed E-state index contributed by atoms with van der Waals surface area (Å²) in [6, 6.07) is 17.9. The van der Waals surface area contributed by atoms with Crippen LogP contribution in [0.1, 0.15) is 46.1 Å². The number of amides is 1. The first kappa shape index (κ1) is 15.6. The molecule has 1 aliphatic rings. The fraction of sp³-hybridized carbons (Fsp3) is 0.238. The van der Waals surface area contributed by atoms with Crippen molar-refractivity contribution in [2.75, 3.05) is 0 Å². The lowest BCUT2D eigenvalue weighted by atomic mass is 9.92. The fourth-order valence-electron chi connectivity index (χ4n) is 3.53. The Morgan fingerprint density at radius 3 is 2.80 bits per heavy atom. The lowest BCUT2D eigenvalue weighted by Crippen LogP contribution is -2.31. The minimum Gasteiger partial charge on any atom is -0.345 e. The topological polar surface area (TPSA) is 46.9 Å². The Labute approximate surface area is 147 Å². The highest BCUT2D eigenvalue weighted by Crippen LogP contribution is 2.31. The molecule has 1 heterocycles. The van der Waals surface area contributed by atoms with Gasteiger partial charge in [-0.25, -0.2) is 4.68 Å². The first-order valence-electron chi connectivity index (χ1n) is 8.72. The van der Waals surface area contributed by atoms with Crippen molar-refractivity contribution < 1.29 is 4.79 Å². The van der Waals surface area contributed by atoms with Gasteiger partial charge in [-0.3, -0.25) is 4.79 Å². The molecule has 1 atom stereocenters. The number of carbonyl (C=O) groups excluding carboxylic acids is 1. The van der Waals surface area contributed by atoms with Crippen LogP contribution in [0.5, 0.6) is 0 Å². The van der Waals surface area contributed by atoms with Crippen LogP contribution in [0.3, 0.4) is 0 Å². The molecule has 126 valence electrons. The average molecular weight is 331 g/mol. The Morgan fingerprint density at radius 1 is 1.16 bits per heavy atom. The molecule has 1 aliphatic carbocycles. The molecule has 3 aromatic rings. The van der Waals surface area contributed by atoms with Crippen molar-refractivity contribution in [1.82, 2.24) is 15.1 Å². The summed E-state index contributed by atoms with van der Waals surface area (Å²) in [5.41, 5.74) is 5.20. The number of hydrogen-bond acceptors (Lipinski definition) is 2. The van der Waals surface area contributed by atoms with Gasteiger partial charge in [-0.2, -0.15) is 5.10 Å². The molecule has 2 aromatic carbocycles. The van der Waals surface area contributed by atoms with E-state index in [2.05, 4.69) is 22.5 Å². The first-order valence-corrected chi connectivity index (χ1v) is 8.72. The van der Waals surface area contributed by atoms with E-state index in [1.165, 1.54) is 5.69 Å². The molecule has 0 saturated carbocycles. The molecule has 0 radical (unpaired) electrons. The molecule has 0 spiro atoms. The van der Waals surface area contributed by atoms with Crippen molar-refractivity contribution in [3.05, 3.63) is 83.2 Å². The lowest BCUT2D eigenvalue weighted by Gasteiger charge is -2.24. The molecule has 4 nitrogen and oxygen atoms in total. The number of hydrogen-bond donors (Lipinski definition) is 1. The SMILES string of the molecule is Cc1cccc(C(=O)N[C@H]2CCCc3c2cnn3-c2ccccc2)c1. The summed E-state index contributed by atoms with van der Waals surface area (Å²) in [6.45, 7) is 2.00. The van der Waals surface area contributed by atoms with Crippen LogP contribution in [0.2, 0.25) is 0 Å². The number of carbonyl (C=O) groups is 1. The van der Waals surface area contributed by atoms with Gasteiger partial charge in [-0.1, -0.05) is 35.9 Å². The van der Waals surface area contributed by atoms with Gasteiger partial charge in [0.2, 0.25) is 0 Å². The normalized spacial score (nSPS) is 16.3. The molecule has 0 aliphatic heterocycles. The van der Waals surface area contributed by atoms with Gasteiger partial charge in [0.15, 0.2) is 0 Å². The van der Waals surface area contributed by atoms with Crippen LogP contribution in [0.15, 0.2) is 60.8 Å². The van der Waals surface area contributed by atoms with Gasteiger partial charge in [0.25, 0.3) is 5.91 Å². The Hall–Kier alpha value is -2.88. The molecule has 4 rings (SSSR count). The molecule has 25 heavy (non-hydrogen) atoms. The van der Waals surface area contributed by atoms with E-state index < -0.39 is 0 Å². The molecule has 4 heteroatoms. The van der Waals surface area contributed by atoms with Gasteiger partial charge in [-0.15, -0.1) is 0 Å². The van der Waals surface area contributed by atoms with E-state index in [1.807, 2.05) is 60.3 Å². The third-order valence-electron chi connectivity index (χ3n) is 4.77. The maximum atomic E-state index is 12.6. The van der Waals surface area contributed by atoms with Gasteiger partial charge in [0.1, 0.15) is 0 Å². The van der Waals surface area contributed by atoms with E-state index in [1.54, 1.807) is 0 Å². The monoisotopic (exact) mass is 331 g/mol.